The predicted molar refractivity (Wildman–Crippen MR) is 115 cm³/mol. The van der Waals surface area contributed by atoms with E-state index in [0.717, 1.165) is 5.56 Å². The monoisotopic (exact) mass is 422 g/mol. The molecule has 1 saturated heterocycles. The van der Waals surface area contributed by atoms with Crippen molar-refractivity contribution in [2.75, 3.05) is 11.5 Å². The molecular weight excluding hydrogens is 396 g/mol. The first-order valence-electron chi connectivity index (χ1n) is 10.6. The van der Waals surface area contributed by atoms with Gasteiger partial charge in [0.15, 0.2) is 0 Å². The van der Waals surface area contributed by atoms with Crippen molar-refractivity contribution in [1.29, 1.82) is 0 Å². The summed E-state index contributed by atoms with van der Waals surface area (Å²) in [6, 6.07) is 13.9. The second-order valence-electron chi connectivity index (χ2n) is 7.95. The molecule has 31 heavy (non-hydrogen) atoms. The molecule has 0 radical (unpaired) electrons. The second kappa shape index (κ2) is 8.06. The molecule has 162 valence electrons. The maximum absolute atomic E-state index is 13.6. The fraction of sp³-hybridized carbons (Fsp3) is 0.375. The van der Waals surface area contributed by atoms with Crippen LogP contribution in [0, 0.1) is 0 Å². The van der Waals surface area contributed by atoms with Gasteiger partial charge in [0.1, 0.15) is 12.4 Å². The lowest BCUT2D eigenvalue weighted by Gasteiger charge is -2.50. The maximum Gasteiger partial charge on any atom is 0.354 e. The summed E-state index contributed by atoms with van der Waals surface area (Å²) in [6.45, 7) is 6.04. The number of hydrogen-bond acceptors (Lipinski definition) is 5. The van der Waals surface area contributed by atoms with Crippen LogP contribution in [0.25, 0.3) is 0 Å². The number of hydrogen-bond donors (Lipinski definition) is 0. The minimum absolute atomic E-state index is 0.0133. The number of ether oxygens (including phenoxy) is 2. The summed E-state index contributed by atoms with van der Waals surface area (Å²) in [5, 5.41) is 0. The van der Waals surface area contributed by atoms with E-state index in [0.29, 0.717) is 23.6 Å². The summed E-state index contributed by atoms with van der Waals surface area (Å²) in [5.41, 5.74) is 0.107. The van der Waals surface area contributed by atoms with Gasteiger partial charge in [-0.2, -0.15) is 0 Å². The zero-order chi connectivity index (χ0) is 22.2. The molecule has 0 aromatic heterocycles. The molecule has 1 atom stereocenters. The van der Waals surface area contributed by atoms with Crippen LogP contribution in [-0.4, -0.2) is 41.0 Å². The molecule has 0 bridgehead atoms. The third-order valence-electron chi connectivity index (χ3n) is 5.77. The molecule has 2 aromatic carbocycles. The summed E-state index contributed by atoms with van der Waals surface area (Å²) in [6.07, 6.45) is 0.353. The molecule has 0 spiro atoms. The number of rotatable bonds is 6. The van der Waals surface area contributed by atoms with Gasteiger partial charge in [-0.25, -0.2) is 4.79 Å². The molecule has 0 unspecified atom stereocenters. The highest BCUT2D eigenvalue weighted by atomic mass is 16.5. The van der Waals surface area contributed by atoms with Crippen LogP contribution in [-0.2, 0) is 20.9 Å². The normalized spacial score (nSPS) is 20.0. The lowest BCUT2D eigenvalue weighted by Crippen LogP contribution is -2.70. The first kappa shape index (κ1) is 20.9. The van der Waals surface area contributed by atoms with Gasteiger partial charge < -0.3 is 14.4 Å². The number of carbonyl (C=O) groups excluding carboxylic acids is 3. The van der Waals surface area contributed by atoms with E-state index in [4.69, 9.17) is 9.47 Å². The molecule has 0 N–H and O–H groups in total. The van der Waals surface area contributed by atoms with Gasteiger partial charge >= 0.3 is 5.97 Å². The van der Waals surface area contributed by atoms with Crippen LogP contribution in [0.5, 0.6) is 5.75 Å². The number of nitrogens with zero attached hydrogens (tertiary/aromatic N) is 2. The molecule has 7 heteroatoms. The Morgan fingerprint density at radius 3 is 2.55 bits per heavy atom. The molecule has 2 aliphatic heterocycles. The quantitative estimate of drug-likeness (QED) is 0.666. The van der Waals surface area contributed by atoms with Crippen LogP contribution < -0.4 is 9.64 Å². The Morgan fingerprint density at radius 1 is 1.10 bits per heavy atom. The predicted octanol–water partition coefficient (Wildman–Crippen LogP) is 3.52. The molecule has 0 saturated carbocycles. The van der Waals surface area contributed by atoms with Crippen molar-refractivity contribution >= 4 is 23.5 Å². The van der Waals surface area contributed by atoms with E-state index in [-0.39, 0.29) is 37.3 Å². The molecule has 2 amide bonds. The minimum Gasteiger partial charge on any atom is -0.493 e. The Morgan fingerprint density at radius 2 is 1.81 bits per heavy atom. The standard InChI is InChI=1S/C24H26N2O5/c1-4-30-20-12-8-5-9-17(20)15-31-23(29)24-14-13-21(27)26(24)19-11-7-6-10-18(19)22(28)25(24)16(2)3/h5-12,16H,4,13-15H2,1-3H3/t24-/m1/s1. The average molecular weight is 422 g/mol. The Labute approximate surface area is 181 Å². The molecule has 7 nitrogen and oxygen atoms in total. The van der Waals surface area contributed by atoms with Crippen molar-refractivity contribution in [1.82, 2.24) is 4.90 Å². The SMILES string of the molecule is CCOc1ccccc1COC(=O)[C@@]12CCC(=O)N1c1ccccc1C(=O)N2C(C)C. The summed E-state index contributed by atoms with van der Waals surface area (Å²) >= 11 is 0. The fourth-order valence-electron chi connectivity index (χ4n) is 4.55. The van der Waals surface area contributed by atoms with Crippen molar-refractivity contribution in [3.63, 3.8) is 0 Å². The third kappa shape index (κ3) is 3.24. The number of para-hydroxylation sites is 2. The smallest absolute Gasteiger partial charge is 0.354 e. The Bertz CT molecular complexity index is 1030. The summed E-state index contributed by atoms with van der Waals surface area (Å²) in [4.78, 5) is 42.9. The maximum atomic E-state index is 13.6. The second-order valence-corrected chi connectivity index (χ2v) is 7.95. The van der Waals surface area contributed by atoms with Gasteiger partial charge in [0, 0.05) is 24.4 Å². The molecule has 2 aliphatic rings. The highest BCUT2D eigenvalue weighted by Crippen LogP contribution is 2.46. The third-order valence-corrected chi connectivity index (χ3v) is 5.77. The van der Waals surface area contributed by atoms with E-state index >= 15 is 0 Å². The van der Waals surface area contributed by atoms with Gasteiger partial charge in [-0.15, -0.1) is 0 Å². The lowest BCUT2D eigenvalue weighted by molar-refractivity contribution is -0.159. The van der Waals surface area contributed by atoms with Crippen LogP contribution in [0.2, 0.25) is 0 Å². The number of carbonyl (C=O) groups is 3. The Kier molecular flexibility index (Phi) is 5.43. The van der Waals surface area contributed by atoms with Gasteiger partial charge in [0.25, 0.3) is 5.91 Å². The number of benzene rings is 2. The van der Waals surface area contributed by atoms with Crippen LogP contribution >= 0.6 is 0 Å². The van der Waals surface area contributed by atoms with Crippen LogP contribution in [0.1, 0.15) is 49.5 Å². The zero-order valence-corrected chi connectivity index (χ0v) is 18.0. The Balaban J connectivity index is 1.73. The minimum atomic E-state index is -1.49. The van der Waals surface area contributed by atoms with Crippen molar-refractivity contribution in [3.05, 3.63) is 59.7 Å². The van der Waals surface area contributed by atoms with Crippen molar-refractivity contribution < 1.29 is 23.9 Å². The lowest BCUT2D eigenvalue weighted by atomic mass is 9.95. The number of esters is 1. The van der Waals surface area contributed by atoms with E-state index in [9.17, 15) is 14.4 Å². The topological polar surface area (TPSA) is 76.1 Å². The number of amides is 2. The molecular formula is C24H26N2O5. The van der Waals surface area contributed by atoms with E-state index in [1.165, 1.54) is 9.80 Å². The molecule has 0 aliphatic carbocycles. The van der Waals surface area contributed by atoms with Gasteiger partial charge in [-0.1, -0.05) is 30.3 Å². The Hall–Kier alpha value is -3.35. The van der Waals surface area contributed by atoms with E-state index in [1.54, 1.807) is 24.3 Å². The first-order chi connectivity index (χ1) is 14.9. The summed E-state index contributed by atoms with van der Waals surface area (Å²) in [7, 11) is 0. The van der Waals surface area contributed by atoms with Gasteiger partial charge in [0.2, 0.25) is 11.6 Å². The zero-order valence-electron chi connectivity index (χ0n) is 18.0. The molecule has 2 heterocycles. The van der Waals surface area contributed by atoms with Gasteiger partial charge in [-0.05, 0) is 39.0 Å². The highest BCUT2D eigenvalue weighted by molar-refractivity contribution is 6.15. The van der Waals surface area contributed by atoms with Crippen molar-refractivity contribution in [2.45, 2.75) is 51.9 Å². The highest BCUT2D eigenvalue weighted by Gasteiger charge is 2.62. The summed E-state index contributed by atoms with van der Waals surface area (Å²) < 4.78 is 11.4. The molecule has 2 aromatic rings. The fourth-order valence-corrected chi connectivity index (χ4v) is 4.55. The van der Waals surface area contributed by atoms with Crippen LogP contribution in [0.4, 0.5) is 5.69 Å². The summed E-state index contributed by atoms with van der Waals surface area (Å²) in [5.74, 6) is -0.442. The van der Waals surface area contributed by atoms with Crippen LogP contribution in [0.15, 0.2) is 48.5 Å². The average Bonchev–Trinajstić information content (AvgIpc) is 3.11. The largest absolute Gasteiger partial charge is 0.493 e. The number of fused-ring (bicyclic) bond motifs is 3. The van der Waals surface area contributed by atoms with E-state index in [2.05, 4.69) is 0 Å². The molecule has 1 fully saturated rings. The first-order valence-corrected chi connectivity index (χ1v) is 10.6. The van der Waals surface area contributed by atoms with Gasteiger partial charge in [0.05, 0.1) is 17.9 Å². The van der Waals surface area contributed by atoms with E-state index in [1.807, 2.05) is 45.0 Å². The van der Waals surface area contributed by atoms with Crippen LogP contribution in [0.3, 0.4) is 0 Å². The molecule has 4 rings (SSSR count). The number of anilines is 1. The van der Waals surface area contributed by atoms with E-state index < -0.39 is 11.6 Å². The van der Waals surface area contributed by atoms with Gasteiger partial charge in [-0.3, -0.25) is 14.5 Å². The van der Waals surface area contributed by atoms with Crippen molar-refractivity contribution in [3.8, 4) is 5.75 Å². The van der Waals surface area contributed by atoms with Crippen molar-refractivity contribution in [2.24, 2.45) is 0 Å².